The quantitative estimate of drug-likeness (QED) is 0.858. The normalized spacial score (nSPS) is 22.5. The van der Waals surface area contributed by atoms with E-state index in [4.69, 9.17) is 5.73 Å². The highest BCUT2D eigenvalue weighted by atomic mass is 79.9. The Hall–Kier alpha value is -0.580. The Bertz CT molecular complexity index is 453. The van der Waals surface area contributed by atoms with Crippen LogP contribution in [0.5, 0.6) is 0 Å². The summed E-state index contributed by atoms with van der Waals surface area (Å²) in [5, 5.41) is 3.02. The predicted octanol–water partition coefficient (Wildman–Crippen LogP) is 3.64. The zero-order valence-corrected chi connectivity index (χ0v) is 13.4. The topological polar surface area (TPSA) is 55.1 Å². The van der Waals surface area contributed by atoms with Crippen molar-refractivity contribution in [2.45, 2.75) is 38.6 Å². The van der Waals surface area contributed by atoms with Gasteiger partial charge in [-0.3, -0.25) is 4.79 Å². The summed E-state index contributed by atoms with van der Waals surface area (Å²) in [4.78, 5) is 12.2. The van der Waals surface area contributed by atoms with Crippen molar-refractivity contribution in [3.63, 3.8) is 0 Å². The van der Waals surface area contributed by atoms with Crippen LogP contribution in [0.25, 0.3) is 0 Å². The number of nitrogens with two attached hydrogens (primary N) is 1. The lowest BCUT2D eigenvalue weighted by atomic mass is 9.85. The second-order valence-electron chi connectivity index (χ2n) is 5.03. The number of amides is 1. The Morgan fingerprint density at radius 3 is 2.84 bits per heavy atom. The van der Waals surface area contributed by atoms with E-state index in [1.165, 1.54) is 0 Å². The van der Waals surface area contributed by atoms with Gasteiger partial charge in [0, 0.05) is 22.1 Å². The maximum Gasteiger partial charge on any atom is 0.227 e. The number of carbonyl (C=O) groups excluding carboxylic acids is 1. The molecule has 5 heteroatoms. The molecule has 1 saturated carbocycles. The molecule has 3 nitrogen and oxygen atoms in total. The lowest BCUT2D eigenvalue weighted by Crippen LogP contribution is -2.34. The molecule has 0 bridgehead atoms. The highest BCUT2D eigenvalue weighted by Gasteiger charge is 2.25. The highest BCUT2D eigenvalue weighted by Crippen LogP contribution is 2.27. The van der Waals surface area contributed by atoms with Gasteiger partial charge >= 0.3 is 0 Å². The molecule has 3 N–H and O–H groups in total. The maximum absolute atomic E-state index is 12.2. The SMILES string of the molecule is Cc1c(Br)cccc1NC(=O)C1CCCC(N)C1.Cl. The lowest BCUT2D eigenvalue weighted by Gasteiger charge is -2.26. The molecule has 2 unspecified atom stereocenters. The van der Waals surface area contributed by atoms with Crippen LogP contribution in [0.4, 0.5) is 5.69 Å². The van der Waals surface area contributed by atoms with Gasteiger partial charge in [-0.25, -0.2) is 0 Å². The molecule has 106 valence electrons. The number of benzene rings is 1. The number of carbonyl (C=O) groups is 1. The van der Waals surface area contributed by atoms with E-state index in [0.717, 1.165) is 41.4 Å². The minimum atomic E-state index is 0. The summed E-state index contributed by atoms with van der Waals surface area (Å²) in [5.74, 6) is 0.165. The van der Waals surface area contributed by atoms with Gasteiger partial charge in [0.2, 0.25) is 5.91 Å². The van der Waals surface area contributed by atoms with Gasteiger partial charge in [0.15, 0.2) is 0 Å². The van der Waals surface area contributed by atoms with Crippen molar-refractivity contribution in [2.24, 2.45) is 11.7 Å². The fourth-order valence-electron chi connectivity index (χ4n) is 2.44. The molecule has 0 spiro atoms. The second kappa shape index (κ2) is 7.27. The molecule has 1 amide bonds. The fraction of sp³-hybridized carbons (Fsp3) is 0.500. The largest absolute Gasteiger partial charge is 0.328 e. The van der Waals surface area contributed by atoms with E-state index in [0.29, 0.717) is 0 Å². The van der Waals surface area contributed by atoms with E-state index in [1.54, 1.807) is 0 Å². The zero-order valence-electron chi connectivity index (χ0n) is 11.0. The van der Waals surface area contributed by atoms with Gasteiger partial charge in [0.1, 0.15) is 0 Å². The standard InChI is InChI=1S/C14H19BrN2O.ClH/c1-9-12(15)6-3-7-13(9)17-14(18)10-4-2-5-11(16)8-10;/h3,6-7,10-11H,2,4-5,8,16H2,1H3,(H,17,18);1H. The Labute approximate surface area is 128 Å². The summed E-state index contributed by atoms with van der Waals surface area (Å²) in [7, 11) is 0. The van der Waals surface area contributed by atoms with Crippen molar-refractivity contribution in [3.05, 3.63) is 28.2 Å². The van der Waals surface area contributed by atoms with Gasteiger partial charge < -0.3 is 11.1 Å². The van der Waals surface area contributed by atoms with Gasteiger partial charge in [0.25, 0.3) is 0 Å². The van der Waals surface area contributed by atoms with E-state index in [2.05, 4.69) is 21.2 Å². The minimum absolute atomic E-state index is 0. The zero-order chi connectivity index (χ0) is 13.1. The number of hydrogen-bond donors (Lipinski definition) is 2. The van der Waals surface area contributed by atoms with E-state index >= 15 is 0 Å². The summed E-state index contributed by atoms with van der Waals surface area (Å²) in [6, 6.07) is 6.01. The first-order valence-electron chi connectivity index (χ1n) is 6.39. The minimum Gasteiger partial charge on any atom is -0.328 e. The molecule has 0 aliphatic heterocycles. The summed E-state index contributed by atoms with van der Waals surface area (Å²) < 4.78 is 1.01. The second-order valence-corrected chi connectivity index (χ2v) is 5.88. The van der Waals surface area contributed by atoms with Gasteiger partial charge in [-0.05, 0) is 43.9 Å². The fourth-order valence-corrected chi connectivity index (χ4v) is 2.81. The van der Waals surface area contributed by atoms with Crippen molar-refractivity contribution in [2.75, 3.05) is 5.32 Å². The molecule has 0 heterocycles. The average molecular weight is 348 g/mol. The lowest BCUT2D eigenvalue weighted by molar-refractivity contribution is -0.120. The van der Waals surface area contributed by atoms with Crippen molar-refractivity contribution in [1.82, 2.24) is 0 Å². The number of halogens is 2. The molecular formula is C14H20BrClN2O. The first-order chi connectivity index (χ1) is 8.58. The van der Waals surface area contributed by atoms with Crippen LogP contribution in [0.15, 0.2) is 22.7 Å². The Morgan fingerprint density at radius 2 is 2.16 bits per heavy atom. The van der Waals surface area contributed by atoms with Crippen molar-refractivity contribution < 1.29 is 4.79 Å². The van der Waals surface area contributed by atoms with E-state index < -0.39 is 0 Å². The molecule has 1 fully saturated rings. The molecule has 0 saturated heterocycles. The monoisotopic (exact) mass is 346 g/mol. The van der Waals surface area contributed by atoms with Crippen LogP contribution in [0.1, 0.15) is 31.2 Å². The molecule has 1 aliphatic carbocycles. The van der Waals surface area contributed by atoms with Crippen LogP contribution in [-0.2, 0) is 4.79 Å². The summed E-state index contributed by atoms with van der Waals surface area (Å²) >= 11 is 3.47. The summed E-state index contributed by atoms with van der Waals surface area (Å²) in [5.41, 5.74) is 7.87. The first-order valence-corrected chi connectivity index (χ1v) is 7.19. The number of hydrogen-bond acceptors (Lipinski definition) is 2. The van der Waals surface area contributed by atoms with Crippen molar-refractivity contribution >= 4 is 39.9 Å². The van der Waals surface area contributed by atoms with Gasteiger partial charge in [0.05, 0.1) is 0 Å². The Morgan fingerprint density at radius 1 is 1.42 bits per heavy atom. The molecular weight excluding hydrogens is 328 g/mol. The number of nitrogens with one attached hydrogen (secondary N) is 1. The third-order valence-corrected chi connectivity index (χ3v) is 4.47. The molecule has 1 aromatic carbocycles. The smallest absolute Gasteiger partial charge is 0.227 e. The van der Waals surface area contributed by atoms with Gasteiger partial charge in [-0.2, -0.15) is 0 Å². The van der Waals surface area contributed by atoms with Crippen LogP contribution in [0.2, 0.25) is 0 Å². The summed E-state index contributed by atoms with van der Waals surface area (Å²) in [6.45, 7) is 1.99. The van der Waals surface area contributed by atoms with Crippen LogP contribution in [0.3, 0.4) is 0 Å². The molecule has 0 aromatic heterocycles. The van der Waals surface area contributed by atoms with E-state index in [9.17, 15) is 4.79 Å². The number of rotatable bonds is 2. The third kappa shape index (κ3) is 4.20. The van der Waals surface area contributed by atoms with Crippen LogP contribution in [0, 0.1) is 12.8 Å². The van der Waals surface area contributed by atoms with Crippen molar-refractivity contribution in [3.8, 4) is 0 Å². The van der Waals surface area contributed by atoms with E-state index in [-0.39, 0.29) is 30.3 Å². The van der Waals surface area contributed by atoms with Gasteiger partial charge in [-0.15, -0.1) is 12.4 Å². The van der Waals surface area contributed by atoms with Crippen LogP contribution in [-0.4, -0.2) is 11.9 Å². The molecule has 0 radical (unpaired) electrons. The highest BCUT2D eigenvalue weighted by molar-refractivity contribution is 9.10. The van der Waals surface area contributed by atoms with Crippen molar-refractivity contribution in [1.29, 1.82) is 0 Å². The molecule has 1 aromatic rings. The molecule has 2 atom stereocenters. The first kappa shape index (κ1) is 16.5. The number of anilines is 1. The Kier molecular flexibility index (Phi) is 6.30. The van der Waals surface area contributed by atoms with E-state index in [1.807, 2.05) is 25.1 Å². The predicted molar refractivity (Wildman–Crippen MR) is 84.7 cm³/mol. The van der Waals surface area contributed by atoms with Gasteiger partial charge in [-0.1, -0.05) is 28.4 Å². The average Bonchev–Trinajstić information content (AvgIpc) is 2.35. The van der Waals surface area contributed by atoms with Crippen LogP contribution < -0.4 is 11.1 Å². The van der Waals surface area contributed by atoms with Crippen LogP contribution >= 0.6 is 28.3 Å². The molecule has 19 heavy (non-hydrogen) atoms. The molecule has 1 aliphatic rings. The molecule has 2 rings (SSSR count). The Balaban J connectivity index is 0.00000180. The maximum atomic E-state index is 12.2. The third-order valence-electron chi connectivity index (χ3n) is 3.61. The summed E-state index contributed by atoms with van der Waals surface area (Å²) in [6.07, 6.45) is 3.85.